The fraction of sp³-hybridized carbons (Fsp3) is 0.611. The highest BCUT2D eigenvalue weighted by atomic mass is 16.2. The van der Waals surface area contributed by atoms with Crippen LogP contribution in [0.2, 0.25) is 0 Å². The minimum absolute atomic E-state index is 0.0140. The molecule has 2 amide bonds. The van der Waals surface area contributed by atoms with Crippen LogP contribution in [0, 0.1) is 5.92 Å². The summed E-state index contributed by atoms with van der Waals surface area (Å²) in [4.78, 5) is 35.2. The van der Waals surface area contributed by atoms with Gasteiger partial charge in [0.1, 0.15) is 0 Å². The minimum Gasteiger partial charge on any atom is -0.340 e. The molecule has 3 heterocycles. The van der Waals surface area contributed by atoms with Gasteiger partial charge in [-0.1, -0.05) is 6.07 Å². The van der Waals surface area contributed by atoms with Crippen LogP contribution in [0.5, 0.6) is 0 Å². The zero-order valence-electron chi connectivity index (χ0n) is 13.9. The molecule has 0 aromatic carbocycles. The van der Waals surface area contributed by atoms with Gasteiger partial charge in [-0.2, -0.15) is 0 Å². The molecule has 1 unspecified atom stereocenters. The first kappa shape index (κ1) is 15.6. The van der Waals surface area contributed by atoms with E-state index in [-0.39, 0.29) is 11.9 Å². The molecule has 2 saturated heterocycles. The van der Waals surface area contributed by atoms with Gasteiger partial charge in [0.25, 0.3) is 0 Å². The Hall–Kier alpha value is -1.95. The summed E-state index contributed by atoms with van der Waals surface area (Å²) >= 11 is 0. The molecule has 0 N–H and O–H groups in total. The molecule has 4 rings (SSSR count). The number of pyridine rings is 1. The molecule has 24 heavy (non-hydrogen) atoms. The number of nitrogens with zero attached hydrogens (tertiary/aromatic N) is 4. The van der Waals surface area contributed by atoms with Crippen molar-refractivity contribution in [3.05, 3.63) is 30.1 Å². The largest absolute Gasteiger partial charge is 0.340 e. The molecule has 0 spiro atoms. The molecule has 1 aromatic rings. The Morgan fingerprint density at radius 1 is 1.12 bits per heavy atom. The second kappa shape index (κ2) is 6.51. The molecule has 1 aromatic heterocycles. The van der Waals surface area contributed by atoms with E-state index in [0.29, 0.717) is 18.4 Å². The van der Waals surface area contributed by atoms with E-state index in [1.807, 2.05) is 28.1 Å². The number of amides is 2. The summed E-state index contributed by atoms with van der Waals surface area (Å²) in [5.41, 5.74) is 1.08. The highest BCUT2D eigenvalue weighted by Crippen LogP contribution is 2.31. The summed E-state index contributed by atoms with van der Waals surface area (Å²) in [6, 6.07) is 3.90. The maximum atomic E-state index is 12.7. The van der Waals surface area contributed by atoms with Gasteiger partial charge in [-0.15, -0.1) is 0 Å². The van der Waals surface area contributed by atoms with Gasteiger partial charge in [0.2, 0.25) is 11.8 Å². The highest BCUT2D eigenvalue weighted by molar-refractivity contribution is 5.84. The molecular formula is C18H24N4O2. The molecule has 1 saturated carbocycles. The lowest BCUT2D eigenvalue weighted by atomic mass is 10.1. The first-order chi connectivity index (χ1) is 11.7. The minimum atomic E-state index is -0.0140. The van der Waals surface area contributed by atoms with E-state index < -0.39 is 0 Å². The quantitative estimate of drug-likeness (QED) is 0.818. The summed E-state index contributed by atoms with van der Waals surface area (Å²) in [7, 11) is 0. The highest BCUT2D eigenvalue weighted by Gasteiger charge is 2.39. The molecule has 0 radical (unpaired) electrons. The summed E-state index contributed by atoms with van der Waals surface area (Å²) in [5, 5.41) is 0. The fourth-order valence-electron chi connectivity index (χ4n) is 3.77. The number of hydrogen-bond acceptors (Lipinski definition) is 4. The van der Waals surface area contributed by atoms with Crippen molar-refractivity contribution < 1.29 is 9.59 Å². The van der Waals surface area contributed by atoms with Crippen molar-refractivity contribution >= 4 is 11.8 Å². The van der Waals surface area contributed by atoms with Crippen LogP contribution in [-0.4, -0.2) is 70.3 Å². The molecule has 0 bridgehead atoms. The fourth-order valence-corrected chi connectivity index (χ4v) is 3.77. The third-order valence-electron chi connectivity index (χ3n) is 5.36. The molecule has 3 fully saturated rings. The Morgan fingerprint density at radius 3 is 2.58 bits per heavy atom. The molecule has 6 nitrogen and oxygen atoms in total. The van der Waals surface area contributed by atoms with Gasteiger partial charge in [0, 0.05) is 57.6 Å². The van der Waals surface area contributed by atoms with E-state index in [1.165, 1.54) is 0 Å². The van der Waals surface area contributed by atoms with Gasteiger partial charge in [-0.3, -0.25) is 19.5 Å². The van der Waals surface area contributed by atoms with Crippen LogP contribution in [0.25, 0.3) is 0 Å². The van der Waals surface area contributed by atoms with E-state index in [0.717, 1.165) is 57.5 Å². The van der Waals surface area contributed by atoms with Crippen molar-refractivity contribution in [3.8, 4) is 0 Å². The Kier molecular flexibility index (Phi) is 4.22. The van der Waals surface area contributed by atoms with Crippen LogP contribution in [0.3, 0.4) is 0 Å². The maximum absolute atomic E-state index is 12.7. The van der Waals surface area contributed by atoms with Crippen molar-refractivity contribution in [3.63, 3.8) is 0 Å². The Bertz CT molecular complexity index is 609. The molecule has 1 aliphatic carbocycles. The lowest BCUT2D eigenvalue weighted by molar-refractivity contribution is -0.136. The van der Waals surface area contributed by atoms with Crippen LogP contribution in [0.15, 0.2) is 24.5 Å². The van der Waals surface area contributed by atoms with Gasteiger partial charge >= 0.3 is 0 Å². The maximum Gasteiger partial charge on any atom is 0.240 e. The van der Waals surface area contributed by atoms with E-state index in [1.54, 1.807) is 6.20 Å². The normalized spacial score (nSPS) is 25.3. The predicted octanol–water partition coefficient (Wildman–Crippen LogP) is 0.737. The molecule has 2 aliphatic heterocycles. The van der Waals surface area contributed by atoms with E-state index in [9.17, 15) is 9.59 Å². The molecular weight excluding hydrogens is 304 g/mol. The molecule has 128 valence electrons. The number of hydrogen-bond donors (Lipinski definition) is 0. The van der Waals surface area contributed by atoms with E-state index in [2.05, 4.69) is 9.88 Å². The number of carbonyl (C=O) groups is 2. The third kappa shape index (κ3) is 3.15. The zero-order chi connectivity index (χ0) is 16.5. The topological polar surface area (TPSA) is 56.8 Å². The van der Waals surface area contributed by atoms with E-state index in [4.69, 9.17) is 0 Å². The average molecular weight is 328 g/mol. The van der Waals surface area contributed by atoms with Gasteiger partial charge < -0.3 is 9.80 Å². The first-order valence-corrected chi connectivity index (χ1v) is 8.93. The standard InChI is InChI=1S/C18H24N4O2/c23-17(15-3-4-15)21-10-8-20(9-11-21)16-5-7-22(18(16)24)13-14-2-1-6-19-12-14/h1-2,6,12,15-16H,3-5,7-11,13H2. The number of carbonyl (C=O) groups excluding carboxylic acids is 2. The second-order valence-corrected chi connectivity index (χ2v) is 7.06. The van der Waals surface area contributed by atoms with E-state index >= 15 is 0 Å². The van der Waals surface area contributed by atoms with Crippen LogP contribution in [0.1, 0.15) is 24.8 Å². The van der Waals surface area contributed by atoms with Crippen molar-refractivity contribution in [2.24, 2.45) is 5.92 Å². The van der Waals surface area contributed by atoms with Crippen LogP contribution >= 0.6 is 0 Å². The number of aromatic nitrogens is 1. The summed E-state index contributed by atoms with van der Waals surface area (Å²) in [6.45, 7) is 4.61. The SMILES string of the molecule is O=C(C1CC1)N1CCN(C2CCN(Cc3cccnc3)C2=O)CC1. The summed E-state index contributed by atoms with van der Waals surface area (Å²) < 4.78 is 0. The van der Waals surface area contributed by atoms with Crippen molar-refractivity contribution in [1.82, 2.24) is 19.7 Å². The number of likely N-dealkylation sites (tertiary alicyclic amines) is 1. The molecule has 1 atom stereocenters. The van der Waals surface area contributed by atoms with Crippen molar-refractivity contribution in [2.45, 2.75) is 31.8 Å². The van der Waals surface area contributed by atoms with Crippen LogP contribution in [0.4, 0.5) is 0 Å². The smallest absolute Gasteiger partial charge is 0.240 e. The number of piperazine rings is 1. The Morgan fingerprint density at radius 2 is 1.92 bits per heavy atom. The summed E-state index contributed by atoms with van der Waals surface area (Å²) in [6.07, 6.45) is 6.58. The van der Waals surface area contributed by atoms with Gasteiger partial charge in [-0.05, 0) is 30.9 Å². The lowest BCUT2D eigenvalue weighted by Crippen LogP contribution is -2.54. The Labute approximate surface area is 142 Å². The van der Waals surface area contributed by atoms with Gasteiger partial charge in [0.05, 0.1) is 6.04 Å². The second-order valence-electron chi connectivity index (χ2n) is 7.06. The van der Waals surface area contributed by atoms with Crippen LogP contribution in [-0.2, 0) is 16.1 Å². The predicted molar refractivity (Wildman–Crippen MR) is 88.9 cm³/mol. The molecule has 6 heteroatoms. The zero-order valence-corrected chi connectivity index (χ0v) is 13.9. The van der Waals surface area contributed by atoms with Crippen molar-refractivity contribution in [1.29, 1.82) is 0 Å². The third-order valence-corrected chi connectivity index (χ3v) is 5.36. The monoisotopic (exact) mass is 328 g/mol. The Balaban J connectivity index is 1.31. The van der Waals surface area contributed by atoms with Crippen LogP contribution < -0.4 is 0 Å². The lowest BCUT2D eigenvalue weighted by Gasteiger charge is -2.37. The van der Waals surface area contributed by atoms with Crippen molar-refractivity contribution in [2.75, 3.05) is 32.7 Å². The average Bonchev–Trinajstić information content (AvgIpc) is 3.41. The molecule has 3 aliphatic rings. The van der Waals surface area contributed by atoms with Gasteiger partial charge in [-0.25, -0.2) is 0 Å². The first-order valence-electron chi connectivity index (χ1n) is 8.93. The number of rotatable bonds is 4. The summed E-state index contributed by atoms with van der Waals surface area (Å²) in [5.74, 6) is 0.839. The van der Waals surface area contributed by atoms with Gasteiger partial charge in [0.15, 0.2) is 0 Å².